The minimum atomic E-state index is -0.547. The predicted octanol–water partition coefficient (Wildman–Crippen LogP) is 4.77. The summed E-state index contributed by atoms with van der Waals surface area (Å²) in [4.78, 5) is 0. The van der Waals surface area contributed by atoms with Crippen LogP contribution in [0.25, 0.3) is 0 Å². The molecule has 2 aromatic rings. The van der Waals surface area contributed by atoms with E-state index in [1.54, 1.807) is 12.1 Å². The molecule has 1 aliphatic carbocycles. The Morgan fingerprint density at radius 3 is 2.76 bits per heavy atom. The first-order chi connectivity index (χ1) is 10.0. The fourth-order valence-electron chi connectivity index (χ4n) is 3.34. The van der Waals surface area contributed by atoms with Crippen LogP contribution in [0.3, 0.4) is 0 Å². The molecule has 110 valence electrons. The lowest BCUT2D eigenvalue weighted by molar-refractivity contribution is 0.344. The SMILES string of the molecule is CC1CCC(N)(Cc2c(F)cccc2Cl)c2ccccc21. The van der Waals surface area contributed by atoms with Crippen LogP contribution in [0.15, 0.2) is 42.5 Å². The van der Waals surface area contributed by atoms with Gasteiger partial charge in [0.15, 0.2) is 0 Å². The summed E-state index contributed by atoms with van der Waals surface area (Å²) >= 11 is 6.17. The van der Waals surface area contributed by atoms with E-state index in [0.717, 1.165) is 18.4 Å². The Balaban J connectivity index is 2.04. The van der Waals surface area contributed by atoms with Gasteiger partial charge in [-0.1, -0.05) is 48.9 Å². The fraction of sp³-hybridized carbons (Fsp3) is 0.333. The van der Waals surface area contributed by atoms with Crippen molar-refractivity contribution in [1.29, 1.82) is 0 Å². The van der Waals surface area contributed by atoms with Crippen molar-refractivity contribution in [2.45, 2.75) is 37.6 Å². The van der Waals surface area contributed by atoms with Gasteiger partial charge in [-0.05, 0) is 48.4 Å². The molecule has 0 heterocycles. The molecule has 1 aliphatic rings. The van der Waals surface area contributed by atoms with Gasteiger partial charge in [-0.15, -0.1) is 0 Å². The van der Waals surface area contributed by atoms with Gasteiger partial charge in [0.25, 0.3) is 0 Å². The van der Waals surface area contributed by atoms with E-state index in [4.69, 9.17) is 17.3 Å². The third-order valence-electron chi connectivity index (χ3n) is 4.61. The zero-order chi connectivity index (χ0) is 15.0. The zero-order valence-electron chi connectivity index (χ0n) is 12.1. The highest BCUT2D eigenvalue weighted by Gasteiger charge is 2.36. The topological polar surface area (TPSA) is 26.0 Å². The highest BCUT2D eigenvalue weighted by molar-refractivity contribution is 6.31. The molecular weight excluding hydrogens is 285 g/mol. The van der Waals surface area contributed by atoms with Crippen molar-refractivity contribution in [2.24, 2.45) is 5.73 Å². The van der Waals surface area contributed by atoms with Gasteiger partial charge in [-0.2, -0.15) is 0 Å². The van der Waals surface area contributed by atoms with Crippen molar-refractivity contribution in [1.82, 2.24) is 0 Å². The molecule has 1 nitrogen and oxygen atoms in total. The lowest BCUT2D eigenvalue weighted by Gasteiger charge is -2.39. The smallest absolute Gasteiger partial charge is 0.127 e. The van der Waals surface area contributed by atoms with Crippen molar-refractivity contribution in [3.8, 4) is 0 Å². The van der Waals surface area contributed by atoms with E-state index in [9.17, 15) is 4.39 Å². The maximum absolute atomic E-state index is 14.1. The van der Waals surface area contributed by atoms with Crippen molar-refractivity contribution in [3.05, 3.63) is 70.0 Å². The summed E-state index contributed by atoms with van der Waals surface area (Å²) in [5.74, 6) is 0.220. The van der Waals surface area contributed by atoms with Gasteiger partial charge in [-0.25, -0.2) is 4.39 Å². The molecule has 2 aromatic carbocycles. The molecule has 0 aliphatic heterocycles. The lowest BCUT2D eigenvalue weighted by atomic mass is 9.70. The van der Waals surface area contributed by atoms with Gasteiger partial charge in [0.2, 0.25) is 0 Å². The largest absolute Gasteiger partial charge is 0.321 e. The van der Waals surface area contributed by atoms with E-state index in [1.165, 1.54) is 11.6 Å². The molecule has 2 atom stereocenters. The summed E-state index contributed by atoms with van der Waals surface area (Å²) in [6.07, 6.45) is 2.29. The zero-order valence-corrected chi connectivity index (χ0v) is 12.8. The maximum atomic E-state index is 14.1. The molecule has 0 aromatic heterocycles. The Kier molecular flexibility index (Phi) is 3.76. The molecule has 0 spiro atoms. The first-order valence-corrected chi connectivity index (χ1v) is 7.70. The third kappa shape index (κ3) is 2.58. The van der Waals surface area contributed by atoms with Crippen molar-refractivity contribution in [3.63, 3.8) is 0 Å². The van der Waals surface area contributed by atoms with Crippen LogP contribution >= 0.6 is 11.6 Å². The van der Waals surface area contributed by atoms with Gasteiger partial charge in [0, 0.05) is 16.1 Å². The predicted molar refractivity (Wildman–Crippen MR) is 85.1 cm³/mol. The van der Waals surface area contributed by atoms with Crippen LogP contribution in [0, 0.1) is 5.82 Å². The number of hydrogen-bond donors (Lipinski definition) is 1. The van der Waals surface area contributed by atoms with Gasteiger partial charge in [-0.3, -0.25) is 0 Å². The number of fused-ring (bicyclic) bond motifs is 1. The molecule has 0 radical (unpaired) electrons. The van der Waals surface area contributed by atoms with E-state index < -0.39 is 5.54 Å². The van der Waals surface area contributed by atoms with E-state index >= 15 is 0 Å². The Hall–Kier alpha value is -1.38. The maximum Gasteiger partial charge on any atom is 0.127 e. The monoisotopic (exact) mass is 303 g/mol. The second kappa shape index (κ2) is 5.43. The first-order valence-electron chi connectivity index (χ1n) is 7.32. The van der Waals surface area contributed by atoms with E-state index in [-0.39, 0.29) is 5.82 Å². The normalized spacial score (nSPS) is 24.7. The van der Waals surface area contributed by atoms with Crippen LogP contribution in [0.1, 0.15) is 42.4 Å². The van der Waals surface area contributed by atoms with Crippen LogP contribution in [0.5, 0.6) is 0 Å². The molecule has 3 heteroatoms. The molecule has 21 heavy (non-hydrogen) atoms. The second-order valence-corrected chi connectivity index (χ2v) is 6.47. The number of rotatable bonds is 2. The Bertz CT molecular complexity index is 650. The summed E-state index contributed by atoms with van der Waals surface area (Å²) in [5, 5.41) is 0.455. The molecule has 0 saturated heterocycles. The molecule has 0 amide bonds. The van der Waals surface area contributed by atoms with Crippen LogP contribution in [-0.2, 0) is 12.0 Å². The summed E-state index contributed by atoms with van der Waals surface area (Å²) in [6, 6.07) is 13.0. The van der Waals surface area contributed by atoms with Gasteiger partial charge in [0.05, 0.1) is 0 Å². The average molecular weight is 304 g/mol. The van der Waals surface area contributed by atoms with Gasteiger partial charge in [0.1, 0.15) is 5.82 Å². The van der Waals surface area contributed by atoms with Gasteiger partial charge >= 0.3 is 0 Å². The molecule has 0 saturated carbocycles. The summed E-state index contributed by atoms with van der Waals surface area (Å²) in [5.41, 5.74) is 9.05. The average Bonchev–Trinajstić information content (AvgIpc) is 2.48. The Morgan fingerprint density at radius 1 is 1.24 bits per heavy atom. The minimum Gasteiger partial charge on any atom is -0.321 e. The molecule has 0 fully saturated rings. The highest BCUT2D eigenvalue weighted by atomic mass is 35.5. The quantitative estimate of drug-likeness (QED) is 0.849. The molecule has 2 unspecified atom stereocenters. The van der Waals surface area contributed by atoms with Crippen molar-refractivity contribution < 1.29 is 4.39 Å². The number of halogens is 2. The number of hydrogen-bond acceptors (Lipinski definition) is 1. The van der Waals surface area contributed by atoms with E-state index in [2.05, 4.69) is 19.1 Å². The summed E-state index contributed by atoms with van der Waals surface area (Å²) < 4.78 is 14.1. The Labute approximate surface area is 129 Å². The van der Waals surface area contributed by atoms with E-state index in [0.29, 0.717) is 22.9 Å². The Morgan fingerprint density at radius 2 is 2.00 bits per heavy atom. The molecule has 3 rings (SSSR count). The van der Waals surface area contributed by atoms with Crippen LogP contribution in [0.4, 0.5) is 4.39 Å². The number of benzene rings is 2. The highest BCUT2D eigenvalue weighted by Crippen LogP contribution is 2.42. The van der Waals surface area contributed by atoms with E-state index in [1.807, 2.05) is 12.1 Å². The summed E-state index contributed by atoms with van der Waals surface area (Å²) in [6.45, 7) is 2.22. The minimum absolute atomic E-state index is 0.275. The fourth-order valence-corrected chi connectivity index (χ4v) is 3.57. The van der Waals surface area contributed by atoms with Gasteiger partial charge < -0.3 is 5.73 Å². The van der Waals surface area contributed by atoms with Crippen molar-refractivity contribution in [2.75, 3.05) is 0 Å². The first kappa shape index (κ1) is 14.6. The molecule has 0 bridgehead atoms. The summed E-state index contributed by atoms with van der Waals surface area (Å²) in [7, 11) is 0. The molecule has 2 N–H and O–H groups in total. The van der Waals surface area contributed by atoms with Crippen LogP contribution < -0.4 is 5.73 Å². The second-order valence-electron chi connectivity index (χ2n) is 6.06. The number of nitrogens with two attached hydrogens (primary N) is 1. The standard InChI is InChI=1S/C18H19ClFN/c1-12-9-10-18(21,15-6-3-2-5-13(12)15)11-14-16(19)7-4-8-17(14)20/h2-8,12H,9-11,21H2,1H3. The lowest BCUT2D eigenvalue weighted by Crippen LogP contribution is -2.43. The molecular formula is C18H19ClFN. The van der Waals surface area contributed by atoms with Crippen LogP contribution in [-0.4, -0.2) is 0 Å². The third-order valence-corrected chi connectivity index (χ3v) is 4.96. The van der Waals surface area contributed by atoms with Crippen LogP contribution in [0.2, 0.25) is 5.02 Å². The van der Waals surface area contributed by atoms with Crippen molar-refractivity contribution >= 4 is 11.6 Å².